The zero-order chi connectivity index (χ0) is 19.3. The molecule has 3 atom stereocenters. The summed E-state index contributed by atoms with van der Waals surface area (Å²) < 4.78 is 49.6. The van der Waals surface area contributed by atoms with Gasteiger partial charge in [0.2, 0.25) is 5.91 Å². The average molecular weight is 375 g/mol. The maximum Gasteiger partial charge on any atom is 0.419 e. The molecule has 0 aromatic heterocycles. The number of carbonyl (C=O) groups is 2. The van der Waals surface area contributed by atoms with Crippen LogP contribution in [0.15, 0.2) is 24.3 Å². The number of nitrogens with one attached hydrogen (secondary N) is 1. The number of hydrogen-bond acceptors (Lipinski definition) is 4. The Labute approximate surface area is 148 Å². The van der Waals surface area contributed by atoms with Gasteiger partial charge in [0.15, 0.2) is 6.10 Å². The van der Waals surface area contributed by atoms with Crippen LogP contribution in [0.25, 0.3) is 0 Å². The summed E-state index contributed by atoms with van der Waals surface area (Å²) in [6.07, 6.45) is -6.22. The molecule has 6 nitrogen and oxygen atoms in total. The Hall–Kier alpha value is -2.29. The van der Waals surface area contributed by atoms with E-state index in [2.05, 4.69) is 5.32 Å². The number of aliphatic carboxylic acids is 1. The van der Waals surface area contributed by atoms with E-state index in [1.807, 2.05) is 0 Å². The maximum absolute atomic E-state index is 13.0. The lowest BCUT2D eigenvalue weighted by molar-refractivity contribution is -0.152. The first-order chi connectivity index (χ1) is 12.2. The lowest BCUT2D eigenvalue weighted by Crippen LogP contribution is -2.41. The molecule has 1 amide bonds. The fraction of sp³-hybridized carbons (Fsp3) is 0.529. The lowest BCUT2D eigenvalue weighted by Gasteiger charge is -2.21. The standard InChI is InChI=1S/C17H20F3NO5/c1-2-10(25-12-6-4-3-5-11(12)17(18,19)20)9-21-15(22)13-7-8-14(26-13)16(23)24/h3-6,10,13-14H,2,7-9H2,1H3,(H,21,22)(H,23,24)/t10?,13-,14+/m0/s1. The fourth-order valence-electron chi connectivity index (χ4n) is 2.59. The number of benzene rings is 1. The minimum atomic E-state index is -4.54. The molecule has 1 heterocycles. The predicted molar refractivity (Wildman–Crippen MR) is 84.7 cm³/mol. The molecule has 2 N–H and O–H groups in total. The number of amides is 1. The quantitative estimate of drug-likeness (QED) is 0.765. The van der Waals surface area contributed by atoms with Crippen molar-refractivity contribution in [1.82, 2.24) is 5.32 Å². The van der Waals surface area contributed by atoms with Gasteiger partial charge in [0.05, 0.1) is 12.1 Å². The zero-order valence-electron chi connectivity index (χ0n) is 14.1. The molecular formula is C17H20F3NO5. The Morgan fingerprint density at radius 2 is 1.96 bits per heavy atom. The second-order valence-corrected chi connectivity index (χ2v) is 5.92. The Morgan fingerprint density at radius 3 is 2.54 bits per heavy atom. The Balaban J connectivity index is 1.93. The molecule has 1 saturated heterocycles. The van der Waals surface area contributed by atoms with Gasteiger partial charge in [-0.3, -0.25) is 4.79 Å². The Bertz CT molecular complexity index is 650. The first-order valence-electron chi connectivity index (χ1n) is 8.21. The molecule has 144 valence electrons. The first kappa shape index (κ1) is 20.0. The summed E-state index contributed by atoms with van der Waals surface area (Å²) in [6, 6.07) is 4.87. The second-order valence-electron chi connectivity index (χ2n) is 5.92. The summed E-state index contributed by atoms with van der Waals surface area (Å²) >= 11 is 0. The van der Waals surface area contributed by atoms with Gasteiger partial charge in [-0.05, 0) is 31.4 Å². The number of para-hydroxylation sites is 1. The van der Waals surface area contributed by atoms with Crippen LogP contribution < -0.4 is 10.1 Å². The summed E-state index contributed by atoms with van der Waals surface area (Å²) in [4.78, 5) is 22.9. The van der Waals surface area contributed by atoms with Gasteiger partial charge in [0.25, 0.3) is 0 Å². The number of ether oxygens (including phenoxy) is 2. The van der Waals surface area contributed by atoms with Gasteiger partial charge in [0, 0.05) is 0 Å². The molecular weight excluding hydrogens is 355 g/mol. The van der Waals surface area contributed by atoms with Crippen LogP contribution in [0.4, 0.5) is 13.2 Å². The SMILES string of the molecule is CCC(CNC(=O)[C@@H]1CC[C@H](C(=O)O)O1)Oc1ccccc1C(F)(F)F. The van der Waals surface area contributed by atoms with E-state index in [0.717, 1.165) is 6.07 Å². The summed E-state index contributed by atoms with van der Waals surface area (Å²) in [5, 5.41) is 11.4. The topological polar surface area (TPSA) is 84.9 Å². The van der Waals surface area contributed by atoms with Gasteiger partial charge in [0.1, 0.15) is 18.0 Å². The van der Waals surface area contributed by atoms with E-state index in [0.29, 0.717) is 6.42 Å². The van der Waals surface area contributed by atoms with Crippen molar-refractivity contribution in [2.45, 2.75) is 50.7 Å². The highest BCUT2D eigenvalue weighted by molar-refractivity contribution is 5.82. The largest absolute Gasteiger partial charge is 0.488 e. The van der Waals surface area contributed by atoms with Crippen molar-refractivity contribution in [3.05, 3.63) is 29.8 Å². The van der Waals surface area contributed by atoms with Crippen molar-refractivity contribution in [2.24, 2.45) is 0 Å². The predicted octanol–water partition coefficient (Wildman–Crippen LogP) is 2.61. The maximum atomic E-state index is 13.0. The van der Waals surface area contributed by atoms with Crippen LogP contribution in [-0.4, -0.2) is 41.8 Å². The van der Waals surface area contributed by atoms with Gasteiger partial charge in [-0.25, -0.2) is 4.79 Å². The molecule has 0 aliphatic carbocycles. The second kappa shape index (κ2) is 8.39. The van der Waals surface area contributed by atoms with Gasteiger partial charge >= 0.3 is 12.1 Å². The minimum absolute atomic E-state index is 0.0148. The van der Waals surface area contributed by atoms with Crippen LogP contribution in [0.5, 0.6) is 5.75 Å². The number of carboxylic acids is 1. The molecule has 9 heteroatoms. The molecule has 26 heavy (non-hydrogen) atoms. The van der Waals surface area contributed by atoms with E-state index in [-0.39, 0.29) is 25.1 Å². The molecule has 1 fully saturated rings. The molecule has 0 radical (unpaired) electrons. The summed E-state index contributed by atoms with van der Waals surface area (Å²) in [6.45, 7) is 1.71. The third-order valence-corrected chi connectivity index (χ3v) is 4.03. The van der Waals surface area contributed by atoms with Crippen LogP contribution in [0.3, 0.4) is 0 Å². The van der Waals surface area contributed by atoms with Crippen LogP contribution in [0.1, 0.15) is 31.7 Å². The van der Waals surface area contributed by atoms with Crippen molar-refractivity contribution in [3.8, 4) is 5.75 Å². The molecule has 1 aromatic carbocycles. The Kier molecular flexibility index (Phi) is 6.47. The third kappa shape index (κ3) is 5.10. The molecule has 1 unspecified atom stereocenters. The molecule has 1 aliphatic heterocycles. The number of halogens is 3. The van der Waals surface area contributed by atoms with Gasteiger partial charge in [-0.2, -0.15) is 13.2 Å². The van der Waals surface area contributed by atoms with E-state index in [4.69, 9.17) is 14.6 Å². The van der Waals surface area contributed by atoms with Crippen molar-refractivity contribution in [3.63, 3.8) is 0 Å². The van der Waals surface area contributed by atoms with E-state index in [1.165, 1.54) is 18.2 Å². The van der Waals surface area contributed by atoms with E-state index >= 15 is 0 Å². The summed E-state index contributed by atoms with van der Waals surface area (Å²) in [7, 11) is 0. The minimum Gasteiger partial charge on any atom is -0.488 e. The van der Waals surface area contributed by atoms with Crippen molar-refractivity contribution < 1.29 is 37.3 Å². The number of hydrogen-bond donors (Lipinski definition) is 2. The Morgan fingerprint density at radius 1 is 1.31 bits per heavy atom. The lowest BCUT2D eigenvalue weighted by atomic mass is 10.1. The molecule has 2 rings (SSSR count). The van der Waals surface area contributed by atoms with Gasteiger partial charge < -0.3 is 19.9 Å². The normalized spacial score (nSPS) is 21.2. The smallest absolute Gasteiger partial charge is 0.419 e. The summed E-state index contributed by atoms with van der Waals surface area (Å²) in [5.74, 6) is -1.93. The molecule has 1 aromatic rings. The fourth-order valence-corrected chi connectivity index (χ4v) is 2.59. The molecule has 1 aliphatic rings. The first-order valence-corrected chi connectivity index (χ1v) is 8.21. The highest BCUT2D eigenvalue weighted by Gasteiger charge is 2.36. The van der Waals surface area contributed by atoms with E-state index in [1.54, 1.807) is 6.92 Å². The summed E-state index contributed by atoms with van der Waals surface area (Å²) in [5.41, 5.74) is -0.881. The van der Waals surface area contributed by atoms with Crippen molar-refractivity contribution >= 4 is 11.9 Å². The number of carboxylic acid groups (broad SMARTS) is 1. The molecule has 0 saturated carbocycles. The van der Waals surface area contributed by atoms with Crippen LogP contribution in [0, 0.1) is 0 Å². The van der Waals surface area contributed by atoms with Crippen molar-refractivity contribution in [2.75, 3.05) is 6.54 Å². The van der Waals surface area contributed by atoms with Crippen LogP contribution in [-0.2, 0) is 20.5 Å². The molecule has 0 spiro atoms. The van der Waals surface area contributed by atoms with Gasteiger partial charge in [-0.15, -0.1) is 0 Å². The highest BCUT2D eigenvalue weighted by Crippen LogP contribution is 2.36. The monoisotopic (exact) mass is 375 g/mol. The number of carbonyl (C=O) groups excluding carboxylic acids is 1. The zero-order valence-corrected chi connectivity index (χ0v) is 14.1. The van der Waals surface area contributed by atoms with E-state index < -0.39 is 41.9 Å². The van der Waals surface area contributed by atoms with Crippen molar-refractivity contribution in [1.29, 1.82) is 0 Å². The average Bonchev–Trinajstić information content (AvgIpc) is 3.08. The van der Waals surface area contributed by atoms with Crippen LogP contribution in [0.2, 0.25) is 0 Å². The highest BCUT2D eigenvalue weighted by atomic mass is 19.4. The van der Waals surface area contributed by atoms with Gasteiger partial charge in [-0.1, -0.05) is 19.1 Å². The third-order valence-electron chi connectivity index (χ3n) is 4.03. The molecule has 0 bridgehead atoms. The van der Waals surface area contributed by atoms with Crippen LogP contribution >= 0.6 is 0 Å². The number of alkyl halides is 3. The van der Waals surface area contributed by atoms with E-state index in [9.17, 15) is 22.8 Å². The number of rotatable bonds is 7.